The minimum Gasteiger partial charge on any atom is -0.493 e. The van der Waals surface area contributed by atoms with Crippen molar-refractivity contribution in [3.8, 4) is 5.75 Å². The highest BCUT2D eigenvalue weighted by Gasteiger charge is 2.06. The molecule has 106 valence electrons. The van der Waals surface area contributed by atoms with Gasteiger partial charge in [0.05, 0.1) is 6.61 Å². The van der Waals surface area contributed by atoms with Crippen molar-refractivity contribution in [2.75, 3.05) is 13.2 Å². The van der Waals surface area contributed by atoms with Gasteiger partial charge in [0.2, 0.25) is 0 Å². The Balaban J connectivity index is 1.97. The predicted octanol–water partition coefficient (Wildman–Crippen LogP) is 3.12. The molecule has 0 unspecified atom stereocenters. The van der Waals surface area contributed by atoms with Gasteiger partial charge in [-0.2, -0.15) is 0 Å². The zero-order valence-corrected chi connectivity index (χ0v) is 12.2. The maximum atomic E-state index is 6.01. The van der Waals surface area contributed by atoms with Crippen LogP contribution in [0.15, 0.2) is 42.7 Å². The summed E-state index contributed by atoms with van der Waals surface area (Å²) in [5.41, 5.74) is 3.67. The van der Waals surface area contributed by atoms with Gasteiger partial charge >= 0.3 is 0 Å². The molecule has 0 radical (unpaired) electrons. The molecule has 20 heavy (non-hydrogen) atoms. The molecule has 0 spiro atoms. The van der Waals surface area contributed by atoms with Gasteiger partial charge in [-0.25, -0.2) is 0 Å². The Bertz CT molecular complexity index is 526. The molecule has 0 aliphatic rings. The summed E-state index contributed by atoms with van der Waals surface area (Å²) < 4.78 is 6.01. The number of rotatable bonds is 7. The zero-order chi connectivity index (χ0) is 14.2. The Morgan fingerprint density at radius 3 is 2.70 bits per heavy atom. The van der Waals surface area contributed by atoms with E-state index in [-0.39, 0.29) is 0 Å². The van der Waals surface area contributed by atoms with Crippen LogP contribution in [-0.4, -0.2) is 18.1 Å². The topological polar surface area (TPSA) is 34.1 Å². The summed E-state index contributed by atoms with van der Waals surface area (Å²) in [6.07, 6.45) is 4.54. The quantitative estimate of drug-likeness (QED) is 0.839. The molecule has 0 amide bonds. The molecule has 1 heterocycles. The summed E-state index contributed by atoms with van der Waals surface area (Å²) in [6, 6.07) is 10.4. The SMILES string of the molecule is CCNCc1cccc(C)c1OCCc1ccncc1. The molecule has 0 saturated heterocycles. The van der Waals surface area contributed by atoms with Crippen LogP contribution in [0.2, 0.25) is 0 Å². The Morgan fingerprint density at radius 1 is 1.15 bits per heavy atom. The first-order valence-corrected chi connectivity index (χ1v) is 7.12. The first-order valence-electron chi connectivity index (χ1n) is 7.12. The van der Waals surface area contributed by atoms with Crippen molar-refractivity contribution in [3.05, 3.63) is 59.4 Å². The van der Waals surface area contributed by atoms with Crippen LogP contribution < -0.4 is 10.1 Å². The van der Waals surface area contributed by atoms with Crippen LogP contribution in [0.5, 0.6) is 5.75 Å². The van der Waals surface area contributed by atoms with Crippen LogP contribution in [0.1, 0.15) is 23.6 Å². The van der Waals surface area contributed by atoms with Gasteiger partial charge in [0, 0.05) is 30.9 Å². The zero-order valence-electron chi connectivity index (χ0n) is 12.2. The lowest BCUT2D eigenvalue weighted by molar-refractivity contribution is 0.315. The van der Waals surface area contributed by atoms with Crippen LogP contribution in [0, 0.1) is 6.92 Å². The van der Waals surface area contributed by atoms with E-state index in [9.17, 15) is 0 Å². The van der Waals surface area contributed by atoms with Crippen LogP contribution in [0.4, 0.5) is 0 Å². The van der Waals surface area contributed by atoms with E-state index in [1.54, 1.807) is 0 Å². The second-order valence-corrected chi connectivity index (χ2v) is 4.80. The largest absolute Gasteiger partial charge is 0.493 e. The standard InChI is InChI=1S/C17H22N2O/c1-3-18-13-16-6-4-5-14(2)17(16)20-12-9-15-7-10-19-11-8-15/h4-8,10-11,18H,3,9,12-13H2,1-2H3. The molecule has 3 nitrogen and oxygen atoms in total. The third-order valence-electron chi connectivity index (χ3n) is 3.25. The smallest absolute Gasteiger partial charge is 0.126 e. The molecular formula is C17H22N2O. The number of nitrogens with one attached hydrogen (secondary N) is 1. The fourth-order valence-electron chi connectivity index (χ4n) is 2.14. The van der Waals surface area contributed by atoms with Crippen molar-refractivity contribution < 1.29 is 4.74 Å². The molecule has 0 bridgehead atoms. The van der Waals surface area contributed by atoms with Crippen molar-refractivity contribution in [3.63, 3.8) is 0 Å². The fraction of sp³-hybridized carbons (Fsp3) is 0.353. The summed E-state index contributed by atoms with van der Waals surface area (Å²) in [5, 5.41) is 3.35. The Hall–Kier alpha value is -1.87. The number of ether oxygens (including phenoxy) is 1. The predicted molar refractivity (Wildman–Crippen MR) is 82.0 cm³/mol. The number of pyridine rings is 1. The summed E-state index contributed by atoms with van der Waals surface area (Å²) in [5.74, 6) is 1.02. The molecule has 0 atom stereocenters. The van der Waals surface area contributed by atoms with E-state index < -0.39 is 0 Å². The molecule has 2 rings (SSSR count). The highest BCUT2D eigenvalue weighted by molar-refractivity contribution is 5.40. The van der Waals surface area contributed by atoms with Crippen LogP contribution in [-0.2, 0) is 13.0 Å². The molecule has 0 saturated carbocycles. The third-order valence-corrected chi connectivity index (χ3v) is 3.25. The maximum Gasteiger partial charge on any atom is 0.126 e. The minimum absolute atomic E-state index is 0.688. The van der Waals surface area contributed by atoms with E-state index in [2.05, 4.69) is 42.3 Å². The van der Waals surface area contributed by atoms with Gasteiger partial charge < -0.3 is 10.1 Å². The van der Waals surface area contributed by atoms with Gasteiger partial charge in [0.15, 0.2) is 0 Å². The number of benzene rings is 1. The lowest BCUT2D eigenvalue weighted by Crippen LogP contribution is -2.14. The molecule has 1 aromatic carbocycles. The van der Waals surface area contributed by atoms with E-state index in [0.29, 0.717) is 6.61 Å². The van der Waals surface area contributed by atoms with Gasteiger partial charge in [-0.3, -0.25) is 4.98 Å². The molecule has 0 fully saturated rings. The summed E-state index contributed by atoms with van der Waals surface area (Å²) in [4.78, 5) is 4.02. The Labute approximate surface area is 121 Å². The number of aromatic nitrogens is 1. The number of nitrogens with zero attached hydrogens (tertiary/aromatic N) is 1. The van der Waals surface area contributed by atoms with E-state index in [1.807, 2.05) is 24.5 Å². The first-order chi connectivity index (χ1) is 9.81. The van der Waals surface area contributed by atoms with Crippen LogP contribution in [0.3, 0.4) is 0 Å². The molecule has 2 aromatic rings. The summed E-state index contributed by atoms with van der Waals surface area (Å²) >= 11 is 0. The minimum atomic E-state index is 0.688. The average molecular weight is 270 g/mol. The molecule has 0 aliphatic heterocycles. The lowest BCUT2D eigenvalue weighted by Gasteiger charge is -2.14. The number of hydrogen-bond donors (Lipinski definition) is 1. The summed E-state index contributed by atoms with van der Waals surface area (Å²) in [6.45, 7) is 6.71. The molecular weight excluding hydrogens is 248 g/mol. The van der Waals surface area contributed by atoms with E-state index in [0.717, 1.165) is 25.3 Å². The molecule has 1 aromatic heterocycles. The number of para-hydroxylation sites is 1. The van der Waals surface area contributed by atoms with Gasteiger partial charge in [-0.05, 0) is 36.7 Å². The van der Waals surface area contributed by atoms with Crippen molar-refractivity contribution in [1.82, 2.24) is 10.3 Å². The van der Waals surface area contributed by atoms with Crippen molar-refractivity contribution in [2.24, 2.45) is 0 Å². The number of aryl methyl sites for hydroxylation is 1. The van der Waals surface area contributed by atoms with Crippen LogP contribution >= 0.6 is 0 Å². The Kier molecular flexibility index (Phi) is 5.56. The second-order valence-electron chi connectivity index (χ2n) is 4.80. The van der Waals surface area contributed by atoms with Crippen molar-refractivity contribution in [2.45, 2.75) is 26.8 Å². The van der Waals surface area contributed by atoms with Gasteiger partial charge in [-0.15, -0.1) is 0 Å². The first kappa shape index (κ1) is 14.5. The lowest BCUT2D eigenvalue weighted by atomic mass is 10.1. The van der Waals surface area contributed by atoms with E-state index in [1.165, 1.54) is 16.7 Å². The normalized spacial score (nSPS) is 10.5. The Morgan fingerprint density at radius 2 is 1.95 bits per heavy atom. The monoisotopic (exact) mass is 270 g/mol. The molecule has 1 N–H and O–H groups in total. The number of hydrogen-bond acceptors (Lipinski definition) is 3. The van der Waals surface area contributed by atoms with E-state index >= 15 is 0 Å². The third kappa shape index (κ3) is 4.07. The average Bonchev–Trinajstić information content (AvgIpc) is 2.48. The second kappa shape index (κ2) is 7.65. The summed E-state index contributed by atoms with van der Waals surface area (Å²) in [7, 11) is 0. The molecule has 0 aliphatic carbocycles. The van der Waals surface area contributed by atoms with Gasteiger partial charge in [-0.1, -0.05) is 25.1 Å². The van der Waals surface area contributed by atoms with Gasteiger partial charge in [0.25, 0.3) is 0 Å². The van der Waals surface area contributed by atoms with Crippen molar-refractivity contribution >= 4 is 0 Å². The maximum absolute atomic E-state index is 6.01. The molecule has 3 heteroatoms. The highest BCUT2D eigenvalue weighted by Crippen LogP contribution is 2.23. The fourth-order valence-corrected chi connectivity index (χ4v) is 2.14. The van der Waals surface area contributed by atoms with E-state index in [4.69, 9.17) is 4.74 Å². The van der Waals surface area contributed by atoms with Crippen molar-refractivity contribution in [1.29, 1.82) is 0 Å². The van der Waals surface area contributed by atoms with Gasteiger partial charge in [0.1, 0.15) is 5.75 Å². The van der Waals surface area contributed by atoms with Crippen LogP contribution in [0.25, 0.3) is 0 Å². The highest BCUT2D eigenvalue weighted by atomic mass is 16.5.